The summed E-state index contributed by atoms with van der Waals surface area (Å²) in [6.45, 7) is 2.28. The third-order valence-corrected chi connectivity index (χ3v) is 4.56. The highest BCUT2D eigenvalue weighted by molar-refractivity contribution is 7.98. The predicted octanol–water partition coefficient (Wildman–Crippen LogP) is -0.509. The number of nitrogens with one attached hydrogen (secondary N) is 1. The fourth-order valence-electron chi connectivity index (χ4n) is 2.52. The van der Waals surface area contributed by atoms with Crippen LogP contribution in [0, 0.1) is 0 Å². The molecule has 0 spiro atoms. The van der Waals surface area contributed by atoms with Crippen molar-refractivity contribution in [3.05, 3.63) is 22.5 Å². The molecule has 2 heterocycles. The van der Waals surface area contributed by atoms with Gasteiger partial charge in [0.2, 0.25) is 5.91 Å². The largest absolute Gasteiger partial charge is 0.467 e. The standard InChI is InChI=1S/C16H24N4O5S/c1-24-16(23)12(5-10-26-2)17-14(21)11-20-15(22)4-3-13(18-20)19-6-8-25-9-7-19/h3-4,12H,5-11H2,1-2H3,(H,17,21)/t12-/m1/s1. The zero-order valence-electron chi connectivity index (χ0n) is 15.0. The van der Waals surface area contributed by atoms with Crippen LogP contribution < -0.4 is 15.8 Å². The quantitative estimate of drug-likeness (QED) is 0.598. The highest BCUT2D eigenvalue weighted by atomic mass is 32.2. The monoisotopic (exact) mass is 384 g/mol. The summed E-state index contributed by atoms with van der Waals surface area (Å²) < 4.78 is 11.1. The Balaban J connectivity index is 2.04. The van der Waals surface area contributed by atoms with Crippen molar-refractivity contribution >= 4 is 29.5 Å². The smallest absolute Gasteiger partial charge is 0.328 e. The Labute approximate surface area is 156 Å². The summed E-state index contributed by atoms with van der Waals surface area (Å²) in [7, 11) is 1.28. The normalized spacial score (nSPS) is 15.4. The van der Waals surface area contributed by atoms with Crippen LogP contribution in [0.3, 0.4) is 0 Å². The van der Waals surface area contributed by atoms with Gasteiger partial charge in [-0.15, -0.1) is 0 Å². The Morgan fingerprint density at radius 1 is 1.38 bits per heavy atom. The number of nitrogens with zero attached hydrogens (tertiary/aromatic N) is 3. The highest BCUT2D eigenvalue weighted by Gasteiger charge is 2.22. The number of thioether (sulfide) groups is 1. The second-order valence-electron chi connectivity index (χ2n) is 5.71. The molecule has 1 aromatic heterocycles. The number of morpholine rings is 1. The number of carbonyl (C=O) groups excluding carboxylic acids is 2. The molecule has 1 amide bonds. The van der Waals surface area contributed by atoms with E-state index in [-0.39, 0.29) is 12.1 Å². The number of amides is 1. The second-order valence-corrected chi connectivity index (χ2v) is 6.70. The molecule has 1 N–H and O–H groups in total. The lowest BCUT2D eigenvalue weighted by Gasteiger charge is -2.27. The van der Waals surface area contributed by atoms with Crippen LogP contribution >= 0.6 is 11.8 Å². The van der Waals surface area contributed by atoms with Crippen LogP contribution in [-0.4, -0.2) is 73.1 Å². The van der Waals surface area contributed by atoms with Crippen molar-refractivity contribution in [1.82, 2.24) is 15.1 Å². The summed E-state index contributed by atoms with van der Waals surface area (Å²) in [4.78, 5) is 38.1. The molecule has 1 saturated heterocycles. The Bertz CT molecular complexity index is 675. The zero-order chi connectivity index (χ0) is 18.9. The number of rotatable bonds is 8. The average molecular weight is 384 g/mol. The number of anilines is 1. The summed E-state index contributed by atoms with van der Waals surface area (Å²) in [5.41, 5.74) is -0.379. The van der Waals surface area contributed by atoms with E-state index in [1.54, 1.807) is 17.8 Å². The van der Waals surface area contributed by atoms with Crippen LogP contribution in [0.25, 0.3) is 0 Å². The van der Waals surface area contributed by atoms with E-state index >= 15 is 0 Å². The minimum absolute atomic E-state index is 0.260. The van der Waals surface area contributed by atoms with E-state index in [9.17, 15) is 14.4 Å². The van der Waals surface area contributed by atoms with E-state index in [0.29, 0.717) is 44.3 Å². The zero-order valence-corrected chi connectivity index (χ0v) is 15.8. The maximum Gasteiger partial charge on any atom is 0.328 e. The molecule has 0 radical (unpaired) electrons. The van der Waals surface area contributed by atoms with Gasteiger partial charge in [0.05, 0.1) is 20.3 Å². The van der Waals surface area contributed by atoms with Crippen molar-refractivity contribution in [3.8, 4) is 0 Å². The van der Waals surface area contributed by atoms with Crippen molar-refractivity contribution in [2.24, 2.45) is 0 Å². The Morgan fingerprint density at radius 3 is 2.77 bits per heavy atom. The number of methoxy groups -OCH3 is 1. The summed E-state index contributed by atoms with van der Waals surface area (Å²) in [5.74, 6) is 0.350. The molecule has 2 rings (SSSR count). The molecule has 144 valence electrons. The number of hydrogen-bond acceptors (Lipinski definition) is 8. The summed E-state index contributed by atoms with van der Waals surface area (Å²) in [6, 6.07) is 2.28. The molecule has 0 aromatic carbocycles. The van der Waals surface area contributed by atoms with Crippen LogP contribution in [0.5, 0.6) is 0 Å². The van der Waals surface area contributed by atoms with Gasteiger partial charge in [0, 0.05) is 19.2 Å². The maximum absolute atomic E-state index is 12.3. The number of aromatic nitrogens is 2. The molecule has 1 aromatic rings. The van der Waals surface area contributed by atoms with E-state index in [1.165, 1.54) is 13.2 Å². The van der Waals surface area contributed by atoms with Gasteiger partial charge in [0.1, 0.15) is 18.4 Å². The molecule has 0 bridgehead atoms. The van der Waals surface area contributed by atoms with E-state index in [1.807, 2.05) is 11.2 Å². The first-order valence-corrected chi connectivity index (χ1v) is 9.71. The SMILES string of the molecule is COC(=O)[C@@H](CCSC)NC(=O)Cn1nc(N2CCOCC2)ccc1=O. The maximum atomic E-state index is 12.3. The van der Waals surface area contributed by atoms with E-state index in [2.05, 4.69) is 10.4 Å². The second kappa shape index (κ2) is 10.2. The van der Waals surface area contributed by atoms with Crippen molar-refractivity contribution in [2.75, 3.05) is 50.3 Å². The van der Waals surface area contributed by atoms with Gasteiger partial charge in [-0.25, -0.2) is 9.48 Å². The minimum Gasteiger partial charge on any atom is -0.467 e. The molecule has 26 heavy (non-hydrogen) atoms. The lowest BCUT2D eigenvalue weighted by atomic mass is 10.2. The molecule has 1 aliphatic heterocycles. The third kappa shape index (κ3) is 5.73. The predicted molar refractivity (Wildman–Crippen MR) is 98.5 cm³/mol. The molecule has 1 aliphatic rings. The van der Waals surface area contributed by atoms with Crippen LogP contribution in [0.2, 0.25) is 0 Å². The molecular formula is C16H24N4O5S. The van der Waals surface area contributed by atoms with E-state index in [0.717, 1.165) is 4.68 Å². The summed E-state index contributed by atoms with van der Waals surface area (Å²) >= 11 is 1.57. The minimum atomic E-state index is -0.738. The first-order chi connectivity index (χ1) is 12.5. The Kier molecular flexibility index (Phi) is 7.92. The molecule has 10 heteroatoms. The molecule has 1 fully saturated rings. The van der Waals surface area contributed by atoms with Gasteiger partial charge in [-0.05, 0) is 24.5 Å². The first-order valence-electron chi connectivity index (χ1n) is 8.32. The van der Waals surface area contributed by atoms with Gasteiger partial charge in [-0.2, -0.15) is 16.9 Å². The van der Waals surface area contributed by atoms with E-state index in [4.69, 9.17) is 9.47 Å². The number of carbonyl (C=O) groups is 2. The fraction of sp³-hybridized carbons (Fsp3) is 0.625. The Morgan fingerprint density at radius 2 is 2.12 bits per heavy atom. The van der Waals surface area contributed by atoms with Gasteiger partial charge in [0.25, 0.3) is 5.56 Å². The first kappa shape index (κ1) is 20.2. The topological polar surface area (TPSA) is 103 Å². The van der Waals surface area contributed by atoms with Crippen molar-refractivity contribution in [2.45, 2.75) is 19.0 Å². The molecular weight excluding hydrogens is 360 g/mol. The fourth-order valence-corrected chi connectivity index (χ4v) is 2.99. The molecule has 0 saturated carbocycles. The number of hydrogen-bond donors (Lipinski definition) is 1. The van der Waals surface area contributed by atoms with Crippen molar-refractivity contribution in [1.29, 1.82) is 0 Å². The van der Waals surface area contributed by atoms with Crippen LogP contribution in [-0.2, 0) is 25.6 Å². The van der Waals surface area contributed by atoms with Gasteiger partial charge in [0.15, 0.2) is 0 Å². The van der Waals surface area contributed by atoms with Crippen LogP contribution in [0.4, 0.5) is 5.82 Å². The molecule has 1 atom stereocenters. The third-order valence-electron chi connectivity index (χ3n) is 3.91. The van der Waals surface area contributed by atoms with Crippen molar-refractivity contribution in [3.63, 3.8) is 0 Å². The molecule has 0 unspecified atom stereocenters. The van der Waals surface area contributed by atoms with Crippen LogP contribution in [0.15, 0.2) is 16.9 Å². The van der Waals surface area contributed by atoms with Gasteiger partial charge in [-0.1, -0.05) is 0 Å². The number of ether oxygens (including phenoxy) is 2. The number of esters is 1. The Hall–Kier alpha value is -2.07. The summed E-state index contributed by atoms with van der Waals surface area (Å²) in [5, 5.41) is 6.88. The van der Waals surface area contributed by atoms with Gasteiger partial charge in [-0.3, -0.25) is 9.59 Å². The molecule has 0 aliphatic carbocycles. The van der Waals surface area contributed by atoms with Gasteiger partial charge < -0.3 is 19.7 Å². The van der Waals surface area contributed by atoms with Crippen molar-refractivity contribution < 1.29 is 19.1 Å². The summed E-state index contributed by atoms with van der Waals surface area (Å²) in [6.07, 6.45) is 2.37. The average Bonchev–Trinajstić information content (AvgIpc) is 2.66. The lowest BCUT2D eigenvalue weighted by molar-refractivity contribution is -0.145. The molecule has 9 nitrogen and oxygen atoms in total. The lowest BCUT2D eigenvalue weighted by Crippen LogP contribution is -2.45. The van der Waals surface area contributed by atoms with E-state index < -0.39 is 17.9 Å². The van der Waals surface area contributed by atoms with Gasteiger partial charge >= 0.3 is 5.97 Å². The highest BCUT2D eigenvalue weighted by Crippen LogP contribution is 2.10. The van der Waals surface area contributed by atoms with Crippen LogP contribution in [0.1, 0.15) is 6.42 Å².